The quantitative estimate of drug-likeness (QED) is 0.471. The molecule has 1 N–H and O–H groups in total. The van der Waals surface area contributed by atoms with Gasteiger partial charge < -0.3 is 10.1 Å². The van der Waals surface area contributed by atoms with Crippen LogP contribution in [0.5, 0.6) is 0 Å². The van der Waals surface area contributed by atoms with E-state index in [9.17, 15) is 0 Å². The predicted molar refractivity (Wildman–Crippen MR) is 34.9 cm³/mol. The molecule has 0 aromatic rings. The monoisotopic (exact) mass is 126 g/mol. The first kappa shape index (κ1) is 5.38. The molecule has 1 atom stereocenters. The van der Waals surface area contributed by atoms with Gasteiger partial charge in [0.1, 0.15) is 6.10 Å². The van der Waals surface area contributed by atoms with Crippen molar-refractivity contribution in [2.75, 3.05) is 26.2 Å². The highest BCUT2D eigenvalue weighted by Gasteiger charge is 2.24. The van der Waals surface area contributed by atoms with Gasteiger partial charge in [-0.15, -0.1) is 0 Å². The first-order valence-electron chi connectivity index (χ1n) is 3.32. The molecule has 0 amide bonds. The van der Waals surface area contributed by atoms with Crippen molar-refractivity contribution in [3.63, 3.8) is 0 Å². The van der Waals surface area contributed by atoms with Crippen LogP contribution in [0, 0.1) is 0 Å². The van der Waals surface area contributed by atoms with Gasteiger partial charge in [0.2, 0.25) is 0 Å². The molecule has 2 rings (SSSR count). The third-order valence-corrected chi connectivity index (χ3v) is 1.73. The molecule has 0 aliphatic carbocycles. The van der Waals surface area contributed by atoms with Crippen molar-refractivity contribution in [2.24, 2.45) is 4.99 Å². The van der Waals surface area contributed by atoms with Crippen molar-refractivity contribution in [2.45, 2.75) is 6.10 Å². The molecule has 0 aromatic carbocycles. The van der Waals surface area contributed by atoms with Gasteiger partial charge in [-0.2, -0.15) is 0 Å². The zero-order valence-electron chi connectivity index (χ0n) is 5.26. The van der Waals surface area contributed by atoms with Crippen LogP contribution in [0.4, 0.5) is 0 Å². The van der Waals surface area contributed by atoms with E-state index in [0.29, 0.717) is 6.10 Å². The van der Waals surface area contributed by atoms with E-state index in [-0.39, 0.29) is 0 Å². The van der Waals surface area contributed by atoms with Crippen LogP contribution < -0.4 is 5.32 Å². The second kappa shape index (κ2) is 2.08. The third-order valence-electron chi connectivity index (χ3n) is 1.73. The maximum absolute atomic E-state index is 5.41. The molecule has 0 aromatic heterocycles. The van der Waals surface area contributed by atoms with Crippen LogP contribution in [0.15, 0.2) is 4.99 Å². The Kier molecular flexibility index (Phi) is 1.24. The average molecular weight is 126 g/mol. The maximum Gasteiger partial charge on any atom is 0.109 e. The zero-order valence-corrected chi connectivity index (χ0v) is 5.26. The zero-order chi connectivity index (χ0) is 6.10. The molecule has 1 saturated heterocycles. The second-order valence-corrected chi connectivity index (χ2v) is 2.36. The van der Waals surface area contributed by atoms with Crippen LogP contribution in [-0.2, 0) is 4.74 Å². The predicted octanol–water partition coefficient (Wildman–Crippen LogP) is -0.571. The molecule has 3 nitrogen and oxygen atoms in total. The Bertz CT molecular complexity index is 144. The summed E-state index contributed by atoms with van der Waals surface area (Å²) in [5, 5.41) is 3.21. The lowest BCUT2D eigenvalue weighted by Gasteiger charge is -2.15. The molecule has 2 aliphatic heterocycles. The normalized spacial score (nSPS) is 33.8. The van der Waals surface area contributed by atoms with Crippen molar-refractivity contribution in [3.05, 3.63) is 0 Å². The van der Waals surface area contributed by atoms with Crippen LogP contribution in [0.25, 0.3) is 0 Å². The molecule has 3 heteroatoms. The second-order valence-electron chi connectivity index (χ2n) is 2.36. The van der Waals surface area contributed by atoms with Crippen LogP contribution in [0.2, 0.25) is 0 Å². The topological polar surface area (TPSA) is 33.6 Å². The van der Waals surface area contributed by atoms with E-state index in [1.165, 1.54) is 5.71 Å². The van der Waals surface area contributed by atoms with Crippen LogP contribution in [0.3, 0.4) is 0 Å². The Labute approximate surface area is 54.1 Å². The van der Waals surface area contributed by atoms with Crippen molar-refractivity contribution in [3.8, 4) is 0 Å². The summed E-state index contributed by atoms with van der Waals surface area (Å²) in [7, 11) is 0. The van der Waals surface area contributed by atoms with Gasteiger partial charge in [0.25, 0.3) is 0 Å². The summed E-state index contributed by atoms with van der Waals surface area (Å²) in [6.45, 7) is 3.55. The lowest BCUT2D eigenvalue weighted by Crippen LogP contribution is -2.28. The largest absolute Gasteiger partial charge is 0.369 e. The molecule has 2 heterocycles. The number of hydrogen-bond acceptors (Lipinski definition) is 3. The Morgan fingerprint density at radius 2 is 2.67 bits per heavy atom. The summed E-state index contributed by atoms with van der Waals surface area (Å²) in [5.74, 6) is 0. The van der Waals surface area contributed by atoms with E-state index >= 15 is 0 Å². The number of fused-ring (bicyclic) bond motifs is 1. The molecule has 1 fully saturated rings. The van der Waals surface area contributed by atoms with Gasteiger partial charge in [-0.25, -0.2) is 0 Å². The van der Waals surface area contributed by atoms with Gasteiger partial charge >= 0.3 is 0 Å². The first-order valence-corrected chi connectivity index (χ1v) is 3.32. The van der Waals surface area contributed by atoms with Crippen LogP contribution in [-0.4, -0.2) is 38.1 Å². The smallest absolute Gasteiger partial charge is 0.109 e. The number of aliphatic imine (C=N–C) groups is 1. The number of nitrogens with one attached hydrogen (secondary N) is 1. The van der Waals surface area contributed by atoms with E-state index in [1.54, 1.807) is 0 Å². The molecule has 1 unspecified atom stereocenters. The van der Waals surface area contributed by atoms with Crippen molar-refractivity contribution >= 4 is 5.71 Å². The van der Waals surface area contributed by atoms with Gasteiger partial charge in [-0.1, -0.05) is 0 Å². The maximum atomic E-state index is 5.41. The molecule has 50 valence electrons. The number of ether oxygens (including phenoxy) is 1. The van der Waals surface area contributed by atoms with Crippen LogP contribution in [0.1, 0.15) is 0 Å². The van der Waals surface area contributed by atoms with E-state index in [1.807, 2.05) is 0 Å². The minimum atomic E-state index is 0.304. The Hall–Kier alpha value is -0.410. The minimum Gasteiger partial charge on any atom is -0.369 e. The fraction of sp³-hybridized carbons (Fsp3) is 0.833. The molecule has 0 spiro atoms. The number of nitrogens with zero attached hydrogens (tertiary/aromatic N) is 1. The lowest BCUT2D eigenvalue weighted by atomic mass is 10.2. The average Bonchev–Trinajstić information content (AvgIpc) is 2.33. The molecule has 0 saturated carbocycles. The molecule has 0 radical (unpaired) electrons. The standard InChI is InChI=1S/C6H10N2O/c1-2-9-6-4-7-3-5(6)8-1/h6-7H,1-4H2. The van der Waals surface area contributed by atoms with Gasteiger partial charge in [0.15, 0.2) is 0 Å². The van der Waals surface area contributed by atoms with Crippen molar-refractivity contribution in [1.82, 2.24) is 5.32 Å². The Morgan fingerprint density at radius 1 is 1.67 bits per heavy atom. The highest BCUT2D eigenvalue weighted by molar-refractivity contribution is 5.93. The lowest BCUT2D eigenvalue weighted by molar-refractivity contribution is 0.104. The van der Waals surface area contributed by atoms with Gasteiger partial charge in [-0.05, 0) is 0 Å². The van der Waals surface area contributed by atoms with Gasteiger partial charge in [0, 0.05) is 13.1 Å². The molecule has 0 bridgehead atoms. The van der Waals surface area contributed by atoms with E-state index in [0.717, 1.165) is 26.2 Å². The highest BCUT2D eigenvalue weighted by atomic mass is 16.5. The summed E-state index contributed by atoms with van der Waals surface area (Å²) in [5.41, 5.74) is 1.21. The summed E-state index contributed by atoms with van der Waals surface area (Å²) < 4.78 is 5.41. The van der Waals surface area contributed by atoms with Crippen molar-refractivity contribution < 1.29 is 4.74 Å². The number of hydrogen-bond donors (Lipinski definition) is 1. The molecule has 9 heavy (non-hydrogen) atoms. The summed E-state index contributed by atoms with van der Waals surface area (Å²) in [4.78, 5) is 4.32. The first-order chi connectivity index (χ1) is 4.47. The number of rotatable bonds is 0. The SMILES string of the molecule is C1COC2CNCC2=N1. The third kappa shape index (κ3) is 0.862. The fourth-order valence-corrected chi connectivity index (χ4v) is 1.26. The molecular weight excluding hydrogens is 116 g/mol. The van der Waals surface area contributed by atoms with E-state index in [2.05, 4.69) is 10.3 Å². The van der Waals surface area contributed by atoms with Gasteiger partial charge in [-0.3, -0.25) is 4.99 Å². The van der Waals surface area contributed by atoms with E-state index < -0.39 is 0 Å². The minimum absolute atomic E-state index is 0.304. The van der Waals surface area contributed by atoms with Crippen molar-refractivity contribution in [1.29, 1.82) is 0 Å². The summed E-state index contributed by atoms with van der Waals surface area (Å²) >= 11 is 0. The molecular formula is C6H10N2O. The van der Waals surface area contributed by atoms with Gasteiger partial charge in [0.05, 0.1) is 18.9 Å². The Balaban J connectivity index is 2.16. The molecule has 2 aliphatic rings. The summed E-state index contributed by atoms with van der Waals surface area (Å²) in [6.07, 6.45) is 0.304. The highest BCUT2D eigenvalue weighted by Crippen LogP contribution is 2.05. The Morgan fingerprint density at radius 3 is 3.56 bits per heavy atom. The van der Waals surface area contributed by atoms with E-state index in [4.69, 9.17) is 4.74 Å². The fourth-order valence-electron chi connectivity index (χ4n) is 1.26. The summed E-state index contributed by atoms with van der Waals surface area (Å²) in [6, 6.07) is 0. The van der Waals surface area contributed by atoms with Crippen LogP contribution >= 0.6 is 0 Å².